The van der Waals surface area contributed by atoms with Crippen LogP contribution in [0.15, 0.2) is 53.7 Å². The number of rotatable bonds is 8. The van der Waals surface area contributed by atoms with Crippen molar-refractivity contribution in [2.45, 2.75) is 31.0 Å². The Morgan fingerprint density at radius 2 is 1.56 bits per heavy atom. The van der Waals surface area contributed by atoms with E-state index < -0.39 is 0 Å². The van der Waals surface area contributed by atoms with Crippen molar-refractivity contribution in [3.63, 3.8) is 0 Å². The number of thioether (sulfide) groups is 1. The third kappa shape index (κ3) is 6.25. The quantitative estimate of drug-likeness (QED) is 0.425. The van der Waals surface area contributed by atoms with Crippen molar-refractivity contribution < 1.29 is 4.79 Å². The van der Waals surface area contributed by atoms with Gasteiger partial charge in [0.25, 0.3) is 0 Å². The Morgan fingerprint density at radius 3 is 2.25 bits per heavy atom. The molecule has 2 aromatic carbocycles. The number of carbonyl (C=O) groups is 1. The fraction of sp³-hybridized carbons (Fsp3) is 0.348. The van der Waals surface area contributed by atoms with E-state index in [4.69, 9.17) is 23.2 Å². The lowest BCUT2D eigenvalue weighted by Gasteiger charge is -2.26. The molecule has 3 aromatic rings. The van der Waals surface area contributed by atoms with Crippen molar-refractivity contribution in [1.29, 1.82) is 0 Å². The number of hydrogen-bond donors (Lipinski definition) is 1. The predicted octanol–water partition coefficient (Wildman–Crippen LogP) is 5.47. The lowest BCUT2D eigenvalue weighted by Crippen LogP contribution is -2.32. The van der Waals surface area contributed by atoms with Crippen molar-refractivity contribution >= 4 is 46.6 Å². The Morgan fingerprint density at radius 1 is 0.906 bits per heavy atom. The van der Waals surface area contributed by atoms with Crippen molar-refractivity contribution in [3.05, 3.63) is 58.6 Å². The van der Waals surface area contributed by atoms with Gasteiger partial charge in [-0.3, -0.25) is 4.79 Å². The summed E-state index contributed by atoms with van der Waals surface area (Å²) in [5.41, 5.74) is 1.67. The van der Waals surface area contributed by atoms with Crippen molar-refractivity contribution in [2.24, 2.45) is 0 Å². The molecule has 0 atom stereocenters. The van der Waals surface area contributed by atoms with Gasteiger partial charge in [0.1, 0.15) is 0 Å². The Kier molecular flexibility index (Phi) is 8.08. The summed E-state index contributed by atoms with van der Waals surface area (Å²) in [6, 6.07) is 14.7. The monoisotopic (exact) mass is 489 g/mol. The van der Waals surface area contributed by atoms with E-state index in [0.717, 1.165) is 42.7 Å². The van der Waals surface area contributed by atoms with Crippen molar-refractivity contribution in [1.82, 2.24) is 19.7 Å². The van der Waals surface area contributed by atoms with E-state index in [0.29, 0.717) is 15.7 Å². The molecule has 2 heterocycles. The number of nitrogens with one attached hydrogen (secondary N) is 1. The highest BCUT2D eigenvalue weighted by Gasteiger charge is 2.18. The van der Waals surface area contributed by atoms with Gasteiger partial charge in [0.15, 0.2) is 11.0 Å². The number of piperidine rings is 1. The molecule has 9 heteroatoms. The maximum atomic E-state index is 12.5. The van der Waals surface area contributed by atoms with Crippen LogP contribution in [0.5, 0.6) is 0 Å². The highest BCUT2D eigenvalue weighted by Crippen LogP contribution is 2.26. The number of amides is 1. The molecule has 0 bridgehead atoms. The Balaban J connectivity index is 1.46. The summed E-state index contributed by atoms with van der Waals surface area (Å²) in [6.45, 7) is 3.96. The van der Waals surface area contributed by atoms with Gasteiger partial charge < -0.3 is 14.8 Å². The Hall–Kier alpha value is -2.06. The van der Waals surface area contributed by atoms with Crippen LogP contribution in [-0.2, 0) is 11.3 Å². The van der Waals surface area contributed by atoms with Gasteiger partial charge in [-0.15, -0.1) is 10.2 Å². The van der Waals surface area contributed by atoms with Gasteiger partial charge in [0.05, 0.1) is 5.75 Å². The lowest BCUT2D eigenvalue weighted by molar-refractivity contribution is -0.113. The van der Waals surface area contributed by atoms with Gasteiger partial charge in [-0.1, -0.05) is 41.4 Å². The van der Waals surface area contributed by atoms with Crippen LogP contribution in [0.1, 0.15) is 19.3 Å². The van der Waals surface area contributed by atoms with Crippen molar-refractivity contribution in [2.75, 3.05) is 30.7 Å². The largest absolute Gasteiger partial charge is 0.325 e. The molecule has 1 fully saturated rings. The van der Waals surface area contributed by atoms with Crippen LogP contribution in [0.25, 0.3) is 11.4 Å². The maximum absolute atomic E-state index is 12.5. The molecular formula is C23H25Cl2N5OS. The highest BCUT2D eigenvalue weighted by atomic mass is 35.5. The van der Waals surface area contributed by atoms with Gasteiger partial charge in [-0.2, -0.15) is 0 Å². The fourth-order valence-corrected chi connectivity index (χ4v) is 4.71. The van der Waals surface area contributed by atoms with Crippen LogP contribution < -0.4 is 5.32 Å². The van der Waals surface area contributed by atoms with Gasteiger partial charge in [0, 0.05) is 34.4 Å². The zero-order chi connectivity index (χ0) is 22.3. The first-order valence-electron chi connectivity index (χ1n) is 10.7. The molecule has 0 spiro atoms. The minimum Gasteiger partial charge on any atom is -0.325 e. The van der Waals surface area contributed by atoms with Crippen molar-refractivity contribution in [3.8, 4) is 11.4 Å². The van der Waals surface area contributed by atoms with Gasteiger partial charge >= 0.3 is 0 Å². The summed E-state index contributed by atoms with van der Waals surface area (Å²) in [7, 11) is 0. The number of hydrogen-bond acceptors (Lipinski definition) is 5. The highest BCUT2D eigenvalue weighted by molar-refractivity contribution is 7.99. The zero-order valence-corrected chi connectivity index (χ0v) is 20.0. The van der Waals surface area contributed by atoms with Crippen LogP contribution in [0.2, 0.25) is 10.0 Å². The fourth-order valence-electron chi connectivity index (χ4n) is 3.69. The summed E-state index contributed by atoms with van der Waals surface area (Å²) < 4.78 is 2.11. The summed E-state index contributed by atoms with van der Waals surface area (Å²) in [5, 5.41) is 13.8. The van der Waals surface area contributed by atoms with E-state index in [-0.39, 0.29) is 11.7 Å². The molecule has 1 aliphatic rings. The Bertz CT molecular complexity index is 1030. The molecule has 1 amide bonds. The number of anilines is 1. The normalized spacial score (nSPS) is 14.4. The first kappa shape index (κ1) is 23.1. The average molecular weight is 490 g/mol. The van der Waals surface area contributed by atoms with Crippen LogP contribution in [0.4, 0.5) is 5.69 Å². The second-order valence-electron chi connectivity index (χ2n) is 7.71. The van der Waals surface area contributed by atoms with Gasteiger partial charge in [-0.25, -0.2) is 0 Å². The molecule has 1 saturated heterocycles. The Labute approximate surface area is 202 Å². The standard InChI is InChI=1S/C23H25Cl2N5OS/c24-18-6-4-17(5-7-18)22-27-28-23(30(22)15-14-29-12-2-1-3-13-29)32-16-21(31)26-20-10-8-19(25)9-11-20/h4-11H,1-3,12-16H2,(H,26,31). The van der Waals surface area contributed by atoms with E-state index in [1.807, 2.05) is 24.3 Å². The molecule has 4 rings (SSSR count). The van der Waals surface area contributed by atoms with E-state index in [1.165, 1.54) is 31.0 Å². The van der Waals surface area contributed by atoms with Gasteiger partial charge in [0.2, 0.25) is 5.91 Å². The van der Waals surface area contributed by atoms with Gasteiger partial charge in [-0.05, 0) is 74.5 Å². The zero-order valence-electron chi connectivity index (χ0n) is 17.6. The smallest absolute Gasteiger partial charge is 0.234 e. The van der Waals surface area contributed by atoms with E-state index in [1.54, 1.807) is 24.3 Å². The number of aromatic nitrogens is 3. The molecule has 1 N–H and O–H groups in total. The predicted molar refractivity (Wildman–Crippen MR) is 132 cm³/mol. The minimum absolute atomic E-state index is 0.101. The molecule has 168 valence electrons. The SMILES string of the molecule is O=C(CSc1nnc(-c2ccc(Cl)cc2)n1CCN1CCCCC1)Nc1ccc(Cl)cc1. The molecule has 0 radical (unpaired) electrons. The number of carbonyl (C=O) groups excluding carboxylic acids is 1. The molecule has 0 aliphatic carbocycles. The van der Waals surface area contributed by atoms with Crippen LogP contribution >= 0.6 is 35.0 Å². The average Bonchev–Trinajstić information content (AvgIpc) is 3.22. The number of halogens is 2. The number of nitrogens with zero attached hydrogens (tertiary/aromatic N) is 4. The first-order chi connectivity index (χ1) is 15.6. The summed E-state index contributed by atoms with van der Waals surface area (Å²) >= 11 is 13.4. The molecule has 32 heavy (non-hydrogen) atoms. The van der Waals surface area contributed by atoms with E-state index in [9.17, 15) is 4.79 Å². The number of likely N-dealkylation sites (tertiary alicyclic amines) is 1. The molecule has 0 saturated carbocycles. The third-order valence-electron chi connectivity index (χ3n) is 5.37. The second-order valence-corrected chi connectivity index (χ2v) is 9.53. The summed E-state index contributed by atoms with van der Waals surface area (Å²) in [4.78, 5) is 14.9. The second kappa shape index (κ2) is 11.2. The van der Waals surface area contributed by atoms with Crippen LogP contribution in [-0.4, -0.2) is 51.0 Å². The molecular weight excluding hydrogens is 465 g/mol. The van der Waals surface area contributed by atoms with Crippen LogP contribution in [0.3, 0.4) is 0 Å². The lowest BCUT2D eigenvalue weighted by atomic mass is 10.1. The molecule has 6 nitrogen and oxygen atoms in total. The third-order valence-corrected chi connectivity index (χ3v) is 6.84. The number of benzene rings is 2. The topological polar surface area (TPSA) is 63.1 Å². The van der Waals surface area contributed by atoms with E-state index >= 15 is 0 Å². The molecule has 1 aromatic heterocycles. The molecule has 0 unspecified atom stereocenters. The van der Waals surface area contributed by atoms with Crippen LogP contribution in [0, 0.1) is 0 Å². The molecule has 1 aliphatic heterocycles. The first-order valence-corrected chi connectivity index (χ1v) is 12.4. The maximum Gasteiger partial charge on any atom is 0.234 e. The summed E-state index contributed by atoms with van der Waals surface area (Å²) in [6.07, 6.45) is 3.81. The summed E-state index contributed by atoms with van der Waals surface area (Å²) in [5.74, 6) is 0.931. The minimum atomic E-state index is -0.101. The van der Waals surface area contributed by atoms with E-state index in [2.05, 4.69) is 25.0 Å².